The summed E-state index contributed by atoms with van der Waals surface area (Å²) in [5.41, 5.74) is 6.70. The molecule has 1 aromatic rings. The molecule has 2 aliphatic rings. The van der Waals surface area contributed by atoms with E-state index in [1.54, 1.807) is 4.90 Å². The number of urea groups is 1. The minimum absolute atomic E-state index is 0.135. The van der Waals surface area contributed by atoms with Crippen molar-refractivity contribution in [1.29, 1.82) is 0 Å². The maximum absolute atomic E-state index is 11.2. The molecule has 2 atom stereocenters. The van der Waals surface area contributed by atoms with Crippen LogP contribution in [0.3, 0.4) is 0 Å². The number of likely N-dealkylation sites (tertiary alicyclic amines) is 1. The van der Waals surface area contributed by atoms with Gasteiger partial charge in [0.25, 0.3) is 0 Å². The van der Waals surface area contributed by atoms with Gasteiger partial charge in [0.05, 0.1) is 12.7 Å². The van der Waals surface area contributed by atoms with Crippen LogP contribution in [0.5, 0.6) is 0 Å². The van der Waals surface area contributed by atoms with Crippen molar-refractivity contribution in [2.45, 2.75) is 57.9 Å². The van der Waals surface area contributed by atoms with Crippen LogP contribution in [-0.2, 0) is 11.3 Å². The second kappa shape index (κ2) is 7.11. The number of nitrogens with one attached hydrogen (secondary N) is 1. The number of nitrogens with zero attached hydrogens (tertiary/aromatic N) is 1. The van der Waals surface area contributed by atoms with Gasteiger partial charge in [0.15, 0.2) is 0 Å². The lowest BCUT2D eigenvalue weighted by Crippen LogP contribution is -2.63. The highest BCUT2D eigenvalue weighted by molar-refractivity contribution is 5.72. The molecule has 0 aromatic heterocycles. The molecule has 1 saturated carbocycles. The third-order valence-corrected chi connectivity index (χ3v) is 5.72. The number of nitrogens with two attached hydrogens (primary N) is 1. The molecule has 1 aliphatic carbocycles. The van der Waals surface area contributed by atoms with E-state index in [-0.39, 0.29) is 11.4 Å². The van der Waals surface area contributed by atoms with Gasteiger partial charge in [-0.05, 0) is 24.8 Å². The minimum Gasteiger partial charge on any atom is -0.373 e. The molecule has 3 N–H and O–H groups in total. The molecule has 1 heterocycles. The van der Waals surface area contributed by atoms with E-state index in [2.05, 4.69) is 31.3 Å². The summed E-state index contributed by atoms with van der Waals surface area (Å²) in [6.07, 6.45) is 3.30. The van der Waals surface area contributed by atoms with Crippen molar-refractivity contribution >= 4 is 6.03 Å². The Labute approximate surface area is 144 Å². The summed E-state index contributed by atoms with van der Waals surface area (Å²) < 4.78 is 6.14. The van der Waals surface area contributed by atoms with E-state index >= 15 is 0 Å². The Bertz CT molecular complexity index is 553. The fourth-order valence-electron chi connectivity index (χ4n) is 3.77. The fraction of sp³-hybridized carbons (Fsp3) is 0.632. The molecule has 2 amide bonds. The average Bonchev–Trinajstić information content (AvgIpc) is 2.58. The molecular formula is C19H29N3O2. The molecular weight excluding hydrogens is 302 g/mol. The maximum atomic E-state index is 11.2. The van der Waals surface area contributed by atoms with E-state index in [0.29, 0.717) is 24.8 Å². The lowest BCUT2D eigenvalue weighted by Gasteiger charge is -2.53. The number of hydrogen-bond acceptors (Lipinski definition) is 3. The number of rotatable bonds is 5. The zero-order chi connectivity index (χ0) is 17.2. The Hall–Kier alpha value is -1.59. The van der Waals surface area contributed by atoms with Crippen LogP contribution < -0.4 is 11.1 Å². The van der Waals surface area contributed by atoms with Crippen molar-refractivity contribution in [2.24, 2.45) is 11.1 Å². The van der Waals surface area contributed by atoms with Crippen molar-refractivity contribution < 1.29 is 9.53 Å². The van der Waals surface area contributed by atoms with Gasteiger partial charge in [-0.15, -0.1) is 0 Å². The van der Waals surface area contributed by atoms with Crippen molar-refractivity contribution in [1.82, 2.24) is 10.2 Å². The molecule has 0 bridgehead atoms. The molecule has 24 heavy (non-hydrogen) atoms. The Kier molecular flexibility index (Phi) is 5.11. The lowest BCUT2D eigenvalue weighted by atomic mass is 9.64. The highest BCUT2D eigenvalue weighted by atomic mass is 16.5. The van der Waals surface area contributed by atoms with Crippen LogP contribution in [0.4, 0.5) is 4.79 Å². The monoisotopic (exact) mass is 331 g/mol. The lowest BCUT2D eigenvalue weighted by molar-refractivity contribution is -0.127. The Morgan fingerprint density at radius 3 is 2.54 bits per heavy atom. The molecule has 3 rings (SSSR count). The van der Waals surface area contributed by atoms with Gasteiger partial charge < -0.3 is 20.7 Å². The average molecular weight is 331 g/mol. The summed E-state index contributed by atoms with van der Waals surface area (Å²) in [7, 11) is 0. The normalized spacial score (nSPS) is 26.8. The van der Waals surface area contributed by atoms with Crippen LogP contribution in [0.15, 0.2) is 30.3 Å². The Balaban J connectivity index is 1.43. The number of hydrogen-bond donors (Lipinski definition) is 2. The first kappa shape index (κ1) is 17.2. The largest absolute Gasteiger partial charge is 0.373 e. The molecule has 5 nitrogen and oxygen atoms in total. The van der Waals surface area contributed by atoms with E-state index in [9.17, 15) is 4.79 Å². The third-order valence-electron chi connectivity index (χ3n) is 5.72. The predicted octanol–water partition coefficient (Wildman–Crippen LogP) is 2.50. The topological polar surface area (TPSA) is 67.6 Å². The minimum atomic E-state index is -0.299. The van der Waals surface area contributed by atoms with Crippen molar-refractivity contribution in [3.8, 4) is 0 Å². The van der Waals surface area contributed by atoms with Gasteiger partial charge in [-0.1, -0.05) is 44.2 Å². The SMILES string of the molecule is CC1(C)[C@@H](NC2CCN(C(N)=O)CC2)C[C@H]1OCc1ccccc1. The maximum Gasteiger partial charge on any atom is 0.314 e. The Morgan fingerprint density at radius 1 is 1.29 bits per heavy atom. The summed E-state index contributed by atoms with van der Waals surface area (Å²) >= 11 is 0. The summed E-state index contributed by atoms with van der Waals surface area (Å²) in [6, 6.07) is 11.0. The molecule has 0 radical (unpaired) electrons. The molecule has 1 saturated heterocycles. The van der Waals surface area contributed by atoms with Crippen LogP contribution in [0.2, 0.25) is 0 Å². The molecule has 1 aliphatic heterocycles. The van der Waals surface area contributed by atoms with Gasteiger partial charge in [0, 0.05) is 30.6 Å². The first-order valence-corrected chi connectivity index (χ1v) is 8.93. The van der Waals surface area contributed by atoms with Crippen LogP contribution in [0.1, 0.15) is 38.7 Å². The molecule has 5 heteroatoms. The number of ether oxygens (including phenoxy) is 1. The fourth-order valence-corrected chi connectivity index (χ4v) is 3.77. The molecule has 0 unspecified atom stereocenters. The number of benzene rings is 1. The number of amides is 2. The van der Waals surface area contributed by atoms with Gasteiger partial charge in [-0.2, -0.15) is 0 Å². The first-order chi connectivity index (χ1) is 11.5. The zero-order valence-electron chi connectivity index (χ0n) is 14.7. The van der Waals surface area contributed by atoms with Crippen molar-refractivity contribution in [3.05, 3.63) is 35.9 Å². The van der Waals surface area contributed by atoms with E-state index in [4.69, 9.17) is 10.5 Å². The Morgan fingerprint density at radius 2 is 1.96 bits per heavy atom. The van der Waals surface area contributed by atoms with Gasteiger partial charge in [-0.3, -0.25) is 0 Å². The number of piperidine rings is 1. The summed E-state index contributed by atoms with van der Waals surface area (Å²) in [6.45, 7) is 6.76. The highest BCUT2D eigenvalue weighted by Crippen LogP contribution is 2.43. The summed E-state index contributed by atoms with van der Waals surface area (Å²) in [4.78, 5) is 12.9. The molecule has 1 aromatic carbocycles. The van der Waals surface area contributed by atoms with Crippen LogP contribution in [-0.4, -0.2) is 42.2 Å². The molecule has 132 valence electrons. The number of carbonyl (C=O) groups excluding carboxylic acids is 1. The van der Waals surface area contributed by atoms with Gasteiger partial charge >= 0.3 is 6.03 Å². The molecule has 2 fully saturated rings. The summed E-state index contributed by atoms with van der Waals surface area (Å²) in [5, 5.41) is 3.77. The third kappa shape index (κ3) is 3.73. The van der Waals surface area contributed by atoms with E-state index in [0.717, 1.165) is 32.4 Å². The number of carbonyl (C=O) groups is 1. The van der Waals surface area contributed by atoms with Crippen molar-refractivity contribution in [3.63, 3.8) is 0 Å². The standard InChI is InChI=1S/C19H29N3O2/c1-19(2)16(21-15-8-10-22(11-9-15)18(20)23)12-17(19)24-13-14-6-4-3-5-7-14/h3-7,15-17,21H,8-13H2,1-2H3,(H2,20,23)/t16-,17+/m0/s1. The van der Waals surface area contributed by atoms with Crippen LogP contribution >= 0.6 is 0 Å². The quantitative estimate of drug-likeness (QED) is 0.871. The summed E-state index contributed by atoms with van der Waals surface area (Å²) in [5.74, 6) is 0. The van der Waals surface area contributed by atoms with Gasteiger partial charge in [-0.25, -0.2) is 4.79 Å². The zero-order valence-corrected chi connectivity index (χ0v) is 14.7. The van der Waals surface area contributed by atoms with Crippen molar-refractivity contribution in [2.75, 3.05) is 13.1 Å². The predicted molar refractivity (Wildman–Crippen MR) is 94.5 cm³/mol. The molecule has 0 spiro atoms. The smallest absolute Gasteiger partial charge is 0.314 e. The second-order valence-electron chi connectivity index (χ2n) is 7.66. The number of primary amides is 1. The van der Waals surface area contributed by atoms with Gasteiger partial charge in [0.2, 0.25) is 0 Å². The van der Waals surface area contributed by atoms with E-state index in [1.165, 1.54) is 5.56 Å². The van der Waals surface area contributed by atoms with Gasteiger partial charge in [0.1, 0.15) is 0 Å². The highest BCUT2D eigenvalue weighted by Gasteiger charge is 2.49. The van der Waals surface area contributed by atoms with E-state index < -0.39 is 0 Å². The van der Waals surface area contributed by atoms with Crippen LogP contribution in [0, 0.1) is 5.41 Å². The van der Waals surface area contributed by atoms with Crippen LogP contribution in [0.25, 0.3) is 0 Å². The first-order valence-electron chi connectivity index (χ1n) is 8.93. The van der Waals surface area contributed by atoms with E-state index in [1.807, 2.05) is 18.2 Å². The second-order valence-corrected chi connectivity index (χ2v) is 7.66.